The normalized spacial score (nSPS) is 15.0. The van der Waals surface area contributed by atoms with Gasteiger partial charge in [-0.1, -0.05) is 0 Å². The predicted molar refractivity (Wildman–Crippen MR) is 122 cm³/mol. The molecule has 0 saturated carbocycles. The Balaban J connectivity index is 1.80. The van der Waals surface area contributed by atoms with E-state index in [2.05, 4.69) is 10.3 Å². The van der Waals surface area contributed by atoms with Gasteiger partial charge in [0.2, 0.25) is 0 Å². The van der Waals surface area contributed by atoms with E-state index in [0.29, 0.717) is 28.4 Å². The van der Waals surface area contributed by atoms with Gasteiger partial charge in [0, 0.05) is 17.6 Å². The summed E-state index contributed by atoms with van der Waals surface area (Å²) in [6.07, 6.45) is 4.19. The maximum absolute atomic E-state index is 13.1. The van der Waals surface area contributed by atoms with Gasteiger partial charge in [-0.05, 0) is 55.8 Å². The standard InChI is InChI=1S/C23H19N5O6/c1-13-9-15(14(2)26(13)19-7-6-17(34-3)11-20(19)28(32)33)10-18-21(29)25-23(31)27(22(18)30)16-5-4-8-24-12-16/h4-12H,1-3H3,(H,25,29,31)/b18-10+. The van der Waals surface area contributed by atoms with Crippen molar-refractivity contribution in [2.45, 2.75) is 13.8 Å². The number of nitrogens with one attached hydrogen (secondary N) is 1. The number of aromatic nitrogens is 2. The first kappa shape index (κ1) is 22.4. The lowest BCUT2D eigenvalue weighted by molar-refractivity contribution is -0.384. The molecule has 0 aliphatic carbocycles. The molecule has 3 aromatic rings. The summed E-state index contributed by atoms with van der Waals surface area (Å²) in [6.45, 7) is 3.46. The summed E-state index contributed by atoms with van der Waals surface area (Å²) in [5.74, 6) is -1.30. The van der Waals surface area contributed by atoms with Crippen molar-refractivity contribution in [1.29, 1.82) is 0 Å². The van der Waals surface area contributed by atoms with Crippen molar-refractivity contribution in [3.63, 3.8) is 0 Å². The van der Waals surface area contributed by atoms with Crippen LogP contribution in [-0.2, 0) is 9.59 Å². The second-order valence-electron chi connectivity index (χ2n) is 7.44. The van der Waals surface area contributed by atoms with Crippen LogP contribution in [0.15, 0.2) is 54.4 Å². The van der Waals surface area contributed by atoms with Gasteiger partial charge in [-0.2, -0.15) is 0 Å². The molecule has 0 spiro atoms. The number of carbonyl (C=O) groups is 3. The number of aryl methyl sites for hydroxylation is 1. The van der Waals surface area contributed by atoms with Gasteiger partial charge >= 0.3 is 6.03 Å². The molecule has 3 heterocycles. The molecule has 172 valence electrons. The Morgan fingerprint density at radius 1 is 1.15 bits per heavy atom. The minimum Gasteiger partial charge on any atom is -0.496 e. The Kier molecular flexibility index (Phi) is 5.68. The summed E-state index contributed by atoms with van der Waals surface area (Å²) in [6, 6.07) is 8.39. The molecule has 4 amide bonds. The number of carbonyl (C=O) groups excluding carboxylic acids is 3. The number of ether oxygens (including phenoxy) is 1. The third-order valence-corrected chi connectivity index (χ3v) is 5.40. The third-order valence-electron chi connectivity index (χ3n) is 5.40. The number of nitro groups is 1. The quantitative estimate of drug-likeness (QED) is 0.267. The maximum atomic E-state index is 13.1. The lowest BCUT2D eigenvalue weighted by Gasteiger charge is -2.26. The zero-order valence-electron chi connectivity index (χ0n) is 18.4. The molecule has 0 unspecified atom stereocenters. The Morgan fingerprint density at radius 2 is 1.91 bits per heavy atom. The molecular formula is C23H19N5O6. The van der Waals surface area contributed by atoms with Gasteiger partial charge < -0.3 is 9.30 Å². The minimum atomic E-state index is -0.875. The topological polar surface area (TPSA) is 137 Å². The number of nitro benzene ring substituents is 1. The van der Waals surface area contributed by atoms with Crippen molar-refractivity contribution < 1.29 is 24.0 Å². The van der Waals surface area contributed by atoms with E-state index < -0.39 is 22.8 Å². The summed E-state index contributed by atoms with van der Waals surface area (Å²) in [7, 11) is 1.42. The third kappa shape index (κ3) is 3.79. The van der Waals surface area contributed by atoms with E-state index in [1.807, 2.05) is 0 Å². The molecule has 0 atom stereocenters. The van der Waals surface area contributed by atoms with Crippen molar-refractivity contribution in [2.75, 3.05) is 12.0 Å². The molecule has 1 aliphatic heterocycles. The zero-order chi connectivity index (χ0) is 24.6. The highest BCUT2D eigenvalue weighted by atomic mass is 16.6. The largest absolute Gasteiger partial charge is 0.496 e. The van der Waals surface area contributed by atoms with E-state index >= 15 is 0 Å². The number of hydrogen-bond donors (Lipinski definition) is 1. The monoisotopic (exact) mass is 461 g/mol. The number of benzene rings is 1. The number of pyridine rings is 1. The fraction of sp³-hybridized carbons (Fsp3) is 0.130. The number of nitrogens with zero attached hydrogens (tertiary/aromatic N) is 4. The highest BCUT2D eigenvalue weighted by Gasteiger charge is 2.37. The number of barbiturate groups is 1. The molecule has 1 N–H and O–H groups in total. The summed E-state index contributed by atoms with van der Waals surface area (Å²) >= 11 is 0. The number of amides is 4. The number of methoxy groups -OCH3 is 1. The fourth-order valence-electron chi connectivity index (χ4n) is 3.80. The molecule has 34 heavy (non-hydrogen) atoms. The van der Waals surface area contributed by atoms with Gasteiger partial charge in [-0.25, -0.2) is 9.69 Å². The lowest BCUT2D eigenvalue weighted by Crippen LogP contribution is -2.54. The summed E-state index contributed by atoms with van der Waals surface area (Å²) < 4.78 is 6.75. The van der Waals surface area contributed by atoms with Gasteiger partial charge in [0.05, 0.1) is 30.0 Å². The minimum absolute atomic E-state index is 0.166. The first-order valence-electron chi connectivity index (χ1n) is 10.1. The van der Waals surface area contributed by atoms with Gasteiger partial charge in [0.15, 0.2) is 0 Å². The molecule has 11 nitrogen and oxygen atoms in total. The van der Waals surface area contributed by atoms with Crippen LogP contribution in [0.5, 0.6) is 5.75 Å². The smallest absolute Gasteiger partial charge is 0.336 e. The van der Waals surface area contributed by atoms with E-state index in [-0.39, 0.29) is 16.9 Å². The van der Waals surface area contributed by atoms with Crippen LogP contribution in [-0.4, -0.2) is 39.4 Å². The van der Waals surface area contributed by atoms with E-state index in [1.165, 1.54) is 37.7 Å². The van der Waals surface area contributed by atoms with Crippen LogP contribution >= 0.6 is 0 Å². The Morgan fingerprint density at radius 3 is 2.56 bits per heavy atom. The molecule has 1 saturated heterocycles. The summed E-state index contributed by atoms with van der Waals surface area (Å²) in [5, 5.41) is 13.8. The first-order valence-corrected chi connectivity index (χ1v) is 10.1. The molecule has 0 radical (unpaired) electrons. The molecule has 1 fully saturated rings. The van der Waals surface area contributed by atoms with E-state index in [4.69, 9.17) is 4.74 Å². The molecule has 1 aromatic carbocycles. The van der Waals surface area contributed by atoms with Crippen LogP contribution in [0.2, 0.25) is 0 Å². The maximum Gasteiger partial charge on any atom is 0.336 e. The molecule has 0 bridgehead atoms. The van der Waals surface area contributed by atoms with Crippen LogP contribution in [0.1, 0.15) is 17.0 Å². The second-order valence-corrected chi connectivity index (χ2v) is 7.44. The predicted octanol–water partition coefficient (Wildman–Crippen LogP) is 3.07. The number of urea groups is 1. The number of hydrogen-bond acceptors (Lipinski definition) is 7. The van der Waals surface area contributed by atoms with Crippen molar-refractivity contribution in [3.05, 3.63) is 81.4 Å². The average Bonchev–Trinajstić information content (AvgIpc) is 3.09. The van der Waals surface area contributed by atoms with E-state index in [9.17, 15) is 24.5 Å². The van der Waals surface area contributed by atoms with Crippen LogP contribution in [0, 0.1) is 24.0 Å². The molecule has 2 aromatic heterocycles. The molecule has 11 heteroatoms. The van der Waals surface area contributed by atoms with Crippen LogP contribution in [0.4, 0.5) is 16.2 Å². The van der Waals surface area contributed by atoms with E-state index in [1.54, 1.807) is 42.7 Å². The van der Waals surface area contributed by atoms with Crippen molar-refractivity contribution in [3.8, 4) is 11.4 Å². The van der Waals surface area contributed by atoms with Crippen LogP contribution in [0.3, 0.4) is 0 Å². The van der Waals surface area contributed by atoms with Gasteiger partial charge in [-0.15, -0.1) is 0 Å². The van der Waals surface area contributed by atoms with Crippen LogP contribution in [0.25, 0.3) is 11.8 Å². The number of rotatable bonds is 5. The highest BCUT2D eigenvalue weighted by Crippen LogP contribution is 2.32. The van der Waals surface area contributed by atoms with Gasteiger partial charge in [0.25, 0.3) is 17.5 Å². The highest BCUT2D eigenvalue weighted by molar-refractivity contribution is 6.39. The number of anilines is 1. The summed E-state index contributed by atoms with van der Waals surface area (Å²) in [5.41, 5.74) is 1.78. The summed E-state index contributed by atoms with van der Waals surface area (Å²) in [4.78, 5) is 53.8. The first-order chi connectivity index (χ1) is 16.2. The Labute approximate surface area is 193 Å². The second kappa shape index (κ2) is 8.62. The molecule has 4 rings (SSSR count). The number of imide groups is 2. The van der Waals surface area contributed by atoms with E-state index in [0.717, 1.165) is 4.90 Å². The van der Waals surface area contributed by atoms with Crippen molar-refractivity contribution in [1.82, 2.24) is 14.9 Å². The van der Waals surface area contributed by atoms with Gasteiger partial charge in [-0.3, -0.25) is 30.0 Å². The zero-order valence-corrected chi connectivity index (χ0v) is 18.4. The lowest BCUT2D eigenvalue weighted by atomic mass is 10.1. The Bertz CT molecular complexity index is 1380. The molecular weight excluding hydrogens is 442 g/mol. The SMILES string of the molecule is COc1ccc(-n2c(C)cc(/C=C3\C(=O)NC(=O)N(c4cccnc4)C3=O)c2C)c([N+](=O)[O-])c1. The van der Waals surface area contributed by atoms with Crippen molar-refractivity contribution >= 4 is 35.3 Å². The Hall–Kier alpha value is -4.80. The van der Waals surface area contributed by atoms with Gasteiger partial charge in [0.1, 0.15) is 17.0 Å². The average molecular weight is 461 g/mol. The fourth-order valence-corrected chi connectivity index (χ4v) is 3.80. The van der Waals surface area contributed by atoms with Crippen LogP contribution < -0.4 is 15.0 Å². The molecule has 1 aliphatic rings. The van der Waals surface area contributed by atoms with Crippen molar-refractivity contribution in [2.24, 2.45) is 0 Å².